The van der Waals surface area contributed by atoms with E-state index in [9.17, 15) is 9.59 Å². The first kappa shape index (κ1) is 16.5. The summed E-state index contributed by atoms with van der Waals surface area (Å²) in [5, 5.41) is 1.02. The zero-order valence-electron chi connectivity index (χ0n) is 14.3. The molecule has 1 aromatic carbocycles. The first-order chi connectivity index (χ1) is 12.2. The number of amides is 2. The fraction of sp³-hybridized carbons (Fsp3) is 0.526. The molecule has 0 N–H and O–H groups in total. The summed E-state index contributed by atoms with van der Waals surface area (Å²) in [5.41, 5.74) is 1.00. The summed E-state index contributed by atoms with van der Waals surface area (Å²) in [4.78, 5) is 33.5. The van der Waals surface area contributed by atoms with E-state index in [1.165, 1.54) is 4.70 Å². The summed E-state index contributed by atoms with van der Waals surface area (Å²) >= 11 is 1.68. The minimum atomic E-state index is 0.0620. The highest BCUT2D eigenvalue weighted by Gasteiger charge is 2.33. The predicted molar refractivity (Wildman–Crippen MR) is 98.4 cm³/mol. The number of fused-ring (bicyclic) bond motifs is 1. The number of benzene rings is 1. The number of likely N-dealkylation sites (tertiary alicyclic amines) is 2. The molecule has 0 spiro atoms. The van der Waals surface area contributed by atoms with Gasteiger partial charge in [-0.2, -0.15) is 0 Å². The Labute approximate surface area is 151 Å². The van der Waals surface area contributed by atoms with Gasteiger partial charge in [0.25, 0.3) is 0 Å². The standard InChI is InChI=1S/C19H23N3O2S/c23-17-10-2-1-5-11-21(17)13-18(24)22-12-6-8-15(22)19-20-14-7-3-4-9-16(14)25-19/h3-4,7,9,15H,1-2,5-6,8,10-13H2. The molecule has 2 aromatic rings. The van der Waals surface area contributed by atoms with E-state index in [-0.39, 0.29) is 24.4 Å². The van der Waals surface area contributed by atoms with Crippen molar-refractivity contribution in [3.05, 3.63) is 29.3 Å². The van der Waals surface area contributed by atoms with Crippen molar-refractivity contribution in [3.8, 4) is 0 Å². The highest BCUT2D eigenvalue weighted by atomic mass is 32.1. The maximum atomic E-state index is 12.9. The molecule has 2 aliphatic rings. The largest absolute Gasteiger partial charge is 0.333 e. The van der Waals surface area contributed by atoms with Gasteiger partial charge in [-0.15, -0.1) is 11.3 Å². The summed E-state index contributed by atoms with van der Waals surface area (Å²) in [6.45, 7) is 1.70. The number of thiazole rings is 1. The van der Waals surface area contributed by atoms with Crippen LogP contribution in [0, 0.1) is 0 Å². The van der Waals surface area contributed by atoms with E-state index < -0.39 is 0 Å². The summed E-state index contributed by atoms with van der Waals surface area (Å²) < 4.78 is 1.17. The third kappa shape index (κ3) is 3.40. The maximum Gasteiger partial charge on any atom is 0.242 e. The monoisotopic (exact) mass is 357 g/mol. The molecule has 1 atom stereocenters. The number of rotatable bonds is 3. The lowest BCUT2D eigenvalue weighted by molar-refractivity contribution is -0.140. The average molecular weight is 357 g/mol. The van der Waals surface area contributed by atoms with E-state index in [1.807, 2.05) is 23.1 Å². The lowest BCUT2D eigenvalue weighted by atomic mass is 10.2. The molecular formula is C19H23N3O2S. The first-order valence-electron chi connectivity index (χ1n) is 9.15. The Bertz CT molecular complexity index is 755. The molecule has 0 radical (unpaired) electrons. The van der Waals surface area contributed by atoms with Gasteiger partial charge in [0.1, 0.15) is 5.01 Å². The van der Waals surface area contributed by atoms with E-state index in [0.717, 1.165) is 49.2 Å². The normalized spacial score (nSPS) is 21.8. The van der Waals surface area contributed by atoms with Gasteiger partial charge in [0.05, 0.1) is 22.8 Å². The molecule has 5 nitrogen and oxygen atoms in total. The molecule has 2 saturated heterocycles. The quantitative estimate of drug-likeness (QED) is 0.846. The number of hydrogen-bond donors (Lipinski definition) is 0. The van der Waals surface area contributed by atoms with Gasteiger partial charge in [-0.1, -0.05) is 18.6 Å². The van der Waals surface area contributed by atoms with Gasteiger partial charge in [-0.3, -0.25) is 9.59 Å². The van der Waals surface area contributed by atoms with Crippen LogP contribution < -0.4 is 0 Å². The average Bonchev–Trinajstić information content (AvgIpc) is 3.21. The van der Waals surface area contributed by atoms with Crippen LogP contribution in [0.3, 0.4) is 0 Å². The second-order valence-electron chi connectivity index (χ2n) is 6.89. The van der Waals surface area contributed by atoms with Gasteiger partial charge in [0.2, 0.25) is 11.8 Å². The SMILES string of the molecule is O=C1CCCCCN1CC(=O)N1CCCC1c1nc2ccccc2s1. The summed E-state index contributed by atoms with van der Waals surface area (Å²) in [7, 11) is 0. The van der Waals surface area contributed by atoms with Crippen molar-refractivity contribution in [2.45, 2.75) is 44.6 Å². The minimum Gasteiger partial charge on any atom is -0.333 e. The highest BCUT2D eigenvalue weighted by molar-refractivity contribution is 7.18. The Balaban J connectivity index is 1.50. The van der Waals surface area contributed by atoms with Gasteiger partial charge in [0.15, 0.2) is 0 Å². The van der Waals surface area contributed by atoms with E-state index >= 15 is 0 Å². The van der Waals surface area contributed by atoms with Crippen LogP contribution in [0.1, 0.15) is 49.6 Å². The van der Waals surface area contributed by atoms with Crippen LogP contribution in [0.5, 0.6) is 0 Å². The second kappa shape index (κ2) is 7.12. The van der Waals surface area contributed by atoms with Crippen LogP contribution in [-0.4, -0.2) is 46.2 Å². The topological polar surface area (TPSA) is 53.5 Å². The molecule has 2 amide bonds. The van der Waals surface area contributed by atoms with Crippen molar-refractivity contribution < 1.29 is 9.59 Å². The van der Waals surface area contributed by atoms with Crippen molar-refractivity contribution in [2.75, 3.05) is 19.6 Å². The number of para-hydroxylation sites is 1. The fourth-order valence-electron chi connectivity index (χ4n) is 3.81. The molecule has 6 heteroatoms. The Morgan fingerprint density at radius 1 is 1.16 bits per heavy atom. The van der Waals surface area contributed by atoms with Crippen LogP contribution >= 0.6 is 11.3 Å². The molecule has 2 fully saturated rings. The molecule has 0 bridgehead atoms. The van der Waals surface area contributed by atoms with Gasteiger partial charge in [0, 0.05) is 19.5 Å². The van der Waals surface area contributed by atoms with Crippen molar-refractivity contribution >= 4 is 33.4 Å². The number of carbonyl (C=O) groups is 2. The number of aromatic nitrogens is 1. The lowest BCUT2D eigenvalue weighted by Gasteiger charge is -2.27. The molecule has 25 heavy (non-hydrogen) atoms. The highest BCUT2D eigenvalue weighted by Crippen LogP contribution is 2.36. The molecule has 1 aromatic heterocycles. The van der Waals surface area contributed by atoms with Crippen LogP contribution in [0.4, 0.5) is 0 Å². The lowest BCUT2D eigenvalue weighted by Crippen LogP contribution is -2.42. The Hall–Kier alpha value is -1.95. The molecule has 2 aliphatic heterocycles. The molecule has 3 heterocycles. The van der Waals surface area contributed by atoms with E-state index in [1.54, 1.807) is 16.2 Å². The summed E-state index contributed by atoms with van der Waals surface area (Å²) in [6, 6.07) is 8.17. The van der Waals surface area contributed by atoms with Gasteiger partial charge >= 0.3 is 0 Å². The van der Waals surface area contributed by atoms with Crippen LogP contribution in [0.2, 0.25) is 0 Å². The van der Waals surface area contributed by atoms with Gasteiger partial charge in [-0.05, 0) is 37.8 Å². The zero-order valence-corrected chi connectivity index (χ0v) is 15.1. The summed E-state index contributed by atoms with van der Waals surface area (Å²) in [5.74, 6) is 0.193. The number of carbonyl (C=O) groups excluding carboxylic acids is 2. The van der Waals surface area contributed by atoms with Crippen LogP contribution in [-0.2, 0) is 9.59 Å². The predicted octanol–water partition coefficient (Wildman–Crippen LogP) is 3.36. The molecule has 1 unspecified atom stereocenters. The Morgan fingerprint density at radius 2 is 2.04 bits per heavy atom. The van der Waals surface area contributed by atoms with E-state index in [4.69, 9.17) is 4.98 Å². The third-order valence-electron chi connectivity index (χ3n) is 5.17. The van der Waals surface area contributed by atoms with Crippen molar-refractivity contribution in [1.82, 2.24) is 14.8 Å². The number of nitrogens with zero attached hydrogens (tertiary/aromatic N) is 3. The minimum absolute atomic E-state index is 0.0620. The molecule has 132 valence electrons. The fourth-order valence-corrected chi connectivity index (χ4v) is 4.93. The van der Waals surface area contributed by atoms with Crippen molar-refractivity contribution in [1.29, 1.82) is 0 Å². The van der Waals surface area contributed by atoms with Gasteiger partial charge in [-0.25, -0.2) is 4.98 Å². The maximum absolute atomic E-state index is 12.9. The summed E-state index contributed by atoms with van der Waals surface area (Å²) in [6.07, 6.45) is 5.56. The van der Waals surface area contributed by atoms with Crippen molar-refractivity contribution in [2.24, 2.45) is 0 Å². The van der Waals surface area contributed by atoms with Crippen LogP contribution in [0.15, 0.2) is 24.3 Å². The third-order valence-corrected chi connectivity index (χ3v) is 6.30. The molecule has 4 rings (SSSR count). The molecule has 0 saturated carbocycles. The molecular weight excluding hydrogens is 334 g/mol. The second-order valence-corrected chi connectivity index (χ2v) is 7.95. The van der Waals surface area contributed by atoms with Crippen molar-refractivity contribution in [3.63, 3.8) is 0 Å². The van der Waals surface area contributed by atoms with Crippen LogP contribution in [0.25, 0.3) is 10.2 Å². The van der Waals surface area contributed by atoms with E-state index in [2.05, 4.69) is 6.07 Å². The Morgan fingerprint density at radius 3 is 2.92 bits per heavy atom. The smallest absolute Gasteiger partial charge is 0.242 e. The van der Waals surface area contributed by atoms with E-state index in [0.29, 0.717) is 13.0 Å². The number of hydrogen-bond acceptors (Lipinski definition) is 4. The zero-order chi connectivity index (χ0) is 17.2. The first-order valence-corrected chi connectivity index (χ1v) is 9.97. The van der Waals surface area contributed by atoms with Gasteiger partial charge < -0.3 is 9.80 Å². The Kier molecular flexibility index (Phi) is 4.70. The molecule has 0 aliphatic carbocycles.